The van der Waals surface area contributed by atoms with Crippen LogP contribution in [0.5, 0.6) is 0 Å². The van der Waals surface area contributed by atoms with Gasteiger partial charge in [0.2, 0.25) is 0 Å². The molecule has 0 bridgehead atoms. The maximum atomic E-state index is 4.44. The zero-order chi connectivity index (χ0) is 18.1. The normalized spacial score (nSPS) is 18.3. The van der Waals surface area contributed by atoms with Crippen LogP contribution in [0.2, 0.25) is 0 Å². The first-order valence-corrected chi connectivity index (χ1v) is 9.92. The van der Waals surface area contributed by atoms with Gasteiger partial charge in [-0.05, 0) is 82.6 Å². The molecule has 2 aromatic carbocycles. The third kappa shape index (κ3) is 2.98. The zero-order valence-electron chi connectivity index (χ0n) is 16.0. The topological polar surface area (TPSA) is 0 Å². The molecular weight excluding hydrogens is 312 g/mol. The van der Waals surface area contributed by atoms with Gasteiger partial charge in [0.1, 0.15) is 0 Å². The molecule has 0 saturated carbocycles. The summed E-state index contributed by atoms with van der Waals surface area (Å²) in [5.74, 6) is 0. The van der Waals surface area contributed by atoms with Crippen LogP contribution in [-0.2, 0) is 6.42 Å². The molecule has 0 nitrogen and oxygen atoms in total. The molecule has 0 amide bonds. The molecule has 0 N–H and O–H groups in total. The largest absolute Gasteiger partial charge is 0.0952 e. The molecule has 2 aromatic rings. The molecule has 0 fully saturated rings. The van der Waals surface area contributed by atoms with Crippen LogP contribution in [-0.4, -0.2) is 0 Å². The van der Waals surface area contributed by atoms with Crippen molar-refractivity contribution >= 4 is 16.7 Å². The molecule has 0 heteroatoms. The number of hydrogen-bond donors (Lipinski definition) is 0. The Morgan fingerprint density at radius 3 is 2.42 bits per heavy atom. The van der Waals surface area contributed by atoms with Crippen molar-refractivity contribution in [2.24, 2.45) is 5.41 Å². The Bertz CT molecular complexity index is 889. The van der Waals surface area contributed by atoms with E-state index in [0.29, 0.717) is 5.41 Å². The summed E-state index contributed by atoms with van der Waals surface area (Å²) in [7, 11) is 0. The highest BCUT2D eigenvalue weighted by atomic mass is 14.4. The van der Waals surface area contributed by atoms with Gasteiger partial charge in [-0.15, -0.1) is 0 Å². The van der Waals surface area contributed by atoms with Gasteiger partial charge in [-0.25, -0.2) is 0 Å². The number of allylic oxidation sites excluding steroid dienone is 5. The van der Waals surface area contributed by atoms with Crippen LogP contribution in [0.4, 0.5) is 0 Å². The standard InChI is InChI=1S/C26H28/c1-4-26(5-2)17-19(3)25-16-23(13-14-24(25)18-26)22-12-11-21(15-22)20-9-7-6-8-10-20/h6-10,12-16H,3-5,11,17-18H2,1-2H3. The minimum Gasteiger partial charge on any atom is -0.0952 e. The highest BCUT2D eigenvalue weighted by molar-refractivity contribution is 5.90. The number of hydrogen-bond acceptors (Lipinski definition) is 0. The molecule has 0 atom stereocenters. The number of fused-ring (bicyclic) bond motifs is 1. The van der Waals surface area contributed by atoms with Gasteiger partial charge < -0.3 is 0 Å². The van der Waals surface area contributed by atoms with Crippen molar-refractivity contribution < 1.29 is 0 Å². The lowest BCUT2D eigenvalue weighted by Crippen LogP contribution is -2.26. The van der Waals surface area contributed by atoms with Gasteiger partial charge in [0.25, 0.3) is 0 Å². The second-order valence-corrected chi connectivity index (χ2v) is 7.94. The molecule has 0 radical (unpaired) electrons. The highest BCUT2D eigenvalue weighted by Gasteiger charge is 2.33. The van der Waals surface area contributed by atoms with Crippen LogP contribution >= 0.6 is 0 Å². The summed E-state index contributed by atoms with van der Waals surface area (Å²) >= 11 is 0. The van der Waals surface area contributed by atoms with Crippen LogP contribution in [0.15, 0.2) is 67.3 Å². The molecule has 0 aromatic heterocycles. The molecular formula is C26H28. The zero-order valence-corrected chi connectivity index (χ0v) is 16.0. The van der Waals surface area contributed by atoms with Gasteiger partial charge in [-0.2, -0.15) is 0 Å². The molecule has 132 valence electrons. The van der Waals surface area contributed by atoms with E-state index in [2.05, 4.69) is 81.1 Å². The SMILES string of the molecule is C=C1CC(CC)(CC)Cc2ccc(C3=CCC(c4ccccc4)=C3)cc21. The third-order valence-electron chi connectivity index (χ3n) is 6.49. The molecule has 0 spiro atoms. The van der Waals surface area contributed by atoms with Gasteiger partial charge in [0, 0.05) is 0 Å². The fourth-order valence-electron chi connectivity index (χ4n) is 4.58. The van der Waals surface area contributed by atoms with E-state index in [1.807, 2.05) is 0 Å². The molecule has 0 unspecified atom stereocenters. The second kappa shape index (κ2) is 6.76. The van der Waals surface area contributed by atoms with Crippen molar-refractivity contribution in [3.8, 4) is 0 Å². The Kier molecular flexibility index (Phi) is 4.44. The van der Waals surface area contributed by atoms with E-state index >= 15 is 0 Å². The third-order valence-corrected chi connectivity index (χ3v) is 6.49. The van der Waals surface area contributed by atoms with Crippen molar-refractivity contribution in [3.05, 3.63) is 89.5 Å². The highest BCUT2D eigenvalue weighted by Crippen LogP contribution is 2.46. The summed E-state index contributed by atoms with van der Waals surface area (Å²) in [5.41, 5.74) is 10.0. The van der Waals surface area contributed by atoms with Gasteiger partial charge in [-0.1, -0.05) is 75.0 Å². The smallest absolute Gasteiger partial charge is 0.00821 e. The summed E-state index contributed by atoms with van der Waals surface area (Å²) in [4.78, 5) is 0. The van der Waals surface area contributed by atoms with E-state index in [0.717, 1.165) is 12.8 Å². The average molecular weight is 341 g/mol. The van der Waals surface area contributed by atoms with Crippen molar-refractivity contribution in [2.45, 2.75) is 46.0 Å². The maximum Gasteiger partial charge on any atom is -0.00821 e. The van der Waals surface area contributed by atoms with Gasteiger partial charge in [-0.3, -0.25) is 0 Å². The Morgan fingerprint density at radius 2 is 1.69 bits per heavy atom. The van der Waals surface area contributed by atoms with Crippen LogP contribution in [0.1, 0.15) is 61.8 Å². The molecule has 0 saturated heterocycles. The first-order chi connectivity index (χ1) is 12.6. The summed E-state index contributed by atoms with van der Waals surface area (Å²) in [6.45, 7) is 9.10. The van der Waals surface area contributed by atoms with Gasteiger partial charge >= 0.3 is 0 Å². The lowest BCUT2D eigenvalue weighted by molar-refractivity contribution is 0.261. The van der Waals surface area contributed by atoms with Crippen molar-refractivity contribution in [3.63, 3.8) is 0 Å². The summed E-state index contributed by atoms with van der Waals surface area (Å²) in [5, 5.41) is 0. The Hall–Kier alpha value is -2.34. The van der Waals surface area contributed by atoms with E-state index in [4.69, 9.17) is 0 Å². The number of benzene rings is 2. The van der Waals surface area contributed by atoms with Crippen LogP contribution < -0.4 is 0 Å². The van der Waals surface area contributed by atoms with E-state index in [1.165, 1.54) is 58.2 Å². The summed E-state index contributed by atoms with van der Waals surface area (Å²) in [6, 6.07) is 17.8. The Morgan fingerprint density at radius 1 is 0.923 bits per heavy atom. The summed E-state index contributed by atoms with van der Waals surface area (Å²) in [6.07, 6.45) is 10.5. The minimum absolute atomic E-state index is 0.415. The molecule has 0 aliphatic heterocycles. The quantitative estimate of drug-likeness (QED) is 0.547. The molecule has 26 heavy (non-hydrogen) atoms. The van der Waals surface area contributed by atoms with E-state index in [1.54, 1.807) is 0 Å². The average Bonchev–Trinajstić information content (AvgIpc) is 3.18. The molecule has 2 aliphatic carbocycles. The second-order valence-electron chi connectivity index (χ2n) is 7.94. The van der Waals surface area contributed by atoms with Crippen molar-refractivity contribution in [2.75, 3.05) is 0 Å². The van der Waals surface area contributed by atoms with Gasteiger partial charge in [0.05, 0.1) is 0 Å². The predicted octanol–water partition coefficient (Wildman–Crippen LogP) is 7.32. The molecule has 4 rings (SSSR count). The number of rotatable bonds is 4. The van der Waals surface area contributed by atoms with E-state index in [-0.39, 0.29) is 0 Å². The first-order valence-electron chi connectivity index (χ1n) is 9.92. The predicted molar refractivity (Wildman–Crippen MR) is 114 cm³/mol. The monoisotopic (exact) mass is 340 g/mol. The molecule has 2 aliphatic rings. The lowest BCUT2D eigenvalue weighted by Gasteiger charge is -2.38. The fraction of sp³-hybridized carbons (Fsp3) is 0.308. The maximum absolute atomic E-state index is 4.44. The first kappa shape index (κ1) is 17.1. The van der Waals surface area contributed by atoms with Crippen LogP contribution in [0.25, 0.3) is 16.7 Å². The van der Waals surface area contributed by atoms with Crippen LogP contribution in [0.3, 0.4) is 0 Å². The summed E-state index contributed by atoms with van der Waals surface area (Å²) < 4.78 is 0. The minimum atomic E-state index is 0.415. The van der Waals surface area contributed by atoms with E-state index in [9.17, 15) is 0 Å². The van der Waals surface area contributed by atoms with Gasteiger partial charge in [0.15, 0.2) is 0 Å². The lowest BCUT2D eigenvalue weighted by atomic mass is 9.66. The Labute approximate surface area is 158 Å². The van der Waals surface area contributed by atoms with Crippen molar-refractivity contribution in [1.29, 1.82) is 0 Å². The fourth-order valence-corrected chi connectivity index (χ4v) is 4.58. The van der Waals surface area contributed by atoms with Crippen molar-refractivity contribution in [1.82, 2.24) is 0 Å². The van der Waals surface area contributed by atoms with Crippen LogP contribution in [0, 0.1) is 5.41 Å². The molecule has 0 heterocycles. The van der Waals surface area contributed by atoms with E-state index < -0.39 is 0 Å². The Balaban J connectivity index is 1.64.